The number of aromatic amines is 1. The number of carbonyl (C=O) groups excluding carboxylic acids is 2. The van der Waals surface area contributed by atoms with Crippen LogP contribution in [-0.2, 0) is 22.6 Å². The number of aromatic nitrogens is 1. The van der Waals surface area contributed by atoms with Gasteiger partial charge in [0.15, 0.2) is 0 Å². The van der Waals surface area contributed by atoms with Crippen LogP contribution in [0.15, 0.2) is 91.1 Å². The van der Waals surface area contributed by atoms with E-state index in [1.165, 1.54) is 5.56 Å². The molecular weight excluding hydrogens is 472 g/mol. The number of nitrogens with one attached hydrogen (secondary N) is 2. The van der Waals surface area contributed by atoms with Crippen molar-refractivity contribution < 1.29 is 9.59 Å². The van der Waals surface area contributed by atoms with Crippen molar-refractivity contribution in [3.05, 3.63) is 102 Å². The minimum atomic E-state index is -1.02. The van der Waals surface area contributed by atoms with Crippen molar-refractivity contribution in [2.24, 2.45) is 0 Å². The molecule has 2 N–H and O–H groups in total. The molecule has 0 atom stereocenters. The molecule has 6 nitrogen and oxygen atoms in total. The van der Waals surface area contributed by atoms with E-state index in [0.29, 0.717) is 0 Å². The first-order chi connectivity index (χ1) is 18.4. The maximum atomic E-state index is 13.9. The normalized spacial score (nSPS) is 14.9. The Morgan fingerprint density at radius 3 is 2.26 bits per heavy atom. The molecule has 196 valence electrons. The Bertz CT molecular complexity index is 1370. The number of nitrogens with zero attached hydrogens (tertiary/aromatic N) is 2. The molecule has 1 aliphatic heterocycles. The third-order valence-corrected chi connectivity index (χ3v) is 7.61. The second-order valence-electron chi connectivity index (χ2n) is 10.7. The van der Waals surface area contributed by atoms with Gasteiger partial charge in [0.25, 0.3) is 0 Å². The minimum Gasteiger partial charge on any atom is -0.361 e. The van der Waals surface area contributed by atoms with E-state index in [2.05, 4.69) is 39.5 Å². The lowest BCUT2D eigenvalue weighted by Crippen LogP contribution is -2.61. The molecule has 0 bridgehead atoms. The summed E-state index contributed by atoms with van der Waals surface area (Å²) >= 11 is 0. The lowest BCUT2D eigenvalue weighted by Gasteiger charge is -2.46. The Morgan fingerprint density at radius 1 is 0.921 bits per heavy atom. The molecule has 0 spiro atoms. The van der Waals surface area contributed by atoms with Crippen molar-refractivity contribution >= 4 is 28.4 Å². The third-order valence-electron chi connectivity index (χ3n) is 7.61. The molecule has 1 fully saturated rings. The summed E-state index contributed by atoms with van der Waals surface area (Å²) in [5, 5.41) is 4.12. The van der Waals surface area contributed by atoms with Crippen LogP contribution in [0.4, 0.5) is 5.69 Å². The van der Waals surface area contributed by atoms with Gasteiger partial charge in [-0.15, -0.1) is 0 Å². The van der Waals surface area contributed by atoms with E-state index < -0.39 is 5.54 Å². The van der Waals surface area contributed by atoms with Crippen LogP contribution >= 0.6 is 0 Å². The van der Waals surface area contributed by atoms with E-state index in [9.17, 15) is 9.59 Å². The van der Waals surface area contributed by atoms with Crippen molar-refractivity contribution in [3.8, 4) is 0 Å². The number of carbonyl (C=O) groups is 2. The Morgan fingerprint density at radius 2 is 1.58 bits per heavy atom. The van der Waals surface area contributed by atoms with Gasteiger partial charge in [0.2, 0.25) is 11.8 Å². The number of benzene rings is 3. The predicted molar refractivity (Wildman–Crippen MR) is 153 cm³/mol. The monoisotopic (exact) mass is 508 g/mol. The molecule has 0 aliphatic carbocycles. The highest BCUT2D eigenvalue weighted by atomic mass is 16.2. The molecule has 2 amide bonds. The first-order valence-electron chi connectivity index (χ1n) is 13.4. The number of anilines is 1. The van der Waals surface area contributed by atoms with E-state index in [0.717, 1.165) is 54.6 Å². The average molecular weight is 509 g/mol. The summed E-state index contributed by atoms with van der Waals surface area (Å²) in [6.07, 6.45) is 3.82. The fraction of sp³-hybridized carbons (Fsp3) is 0.312. The number of hydrogen-bond acceptors (Lipinski definition) is 3. The quantitative estimate of drug-likeness (QED) is 0.325. The van der Waals surface area contributed by atoms with Gasteiger partial charge in [-0.2, -0.15) is 0 Å². The Balaban J connectivity index is 1.34. The maximum Gasteiger partial charge on any atom is 0.249 e. The second-order valence-corrected chi connectivity index (χ2v) is 10.7. The van der Waals surface area contributed by atoms with Gasteiger partial charge < -0.3 is 15.2 Å². The Labute approximate surface area is 224 Å². The molecule has 38 heavy (non-hydrogen) atoms. The summed E-state index contributed by atoms with van der Waals surface area (Å²) < 4.78 is 0. The first kappa shape index (κ1) is 25.7. The smallest absolute Gasteiger partial charge is 0.249 e. The minimum absolute atomic E-state index is 0.00820. The molecule has 4 aromatic rings. The zero-order chi connectivity index (χ0) is 26.5. The number of likely N-dealkylation sites (tertiary alicyclic amines) is 1. The van der Waals surface area contributed by atoms with Gasteiger partial charge in [-0.05, 0) is 62.1 Å². The topological polar surface area (TPSA) is 68.4 Å². The summed E-state index contributed by atoms with van der Waals surface area (Å²) in [4.78, 5) is 35.1. The van der Waals surface area contributed by atoms with E-state index in [-0.39, 0.29) is 24.3 Å². The number of H-pyrrole nitrogens is 1. The van der Waals surface area contributed by atoms with E-state index >= 15 is 0 Å². The number of hydrogen-bond donors (Lipinski definition) is 2. The van der Waals surface area contributed by atoms with Crippen molar-refractivity contribution in [2.75, 3.05) is 18.4 Å². The molecule has 0 saturated carbocycles. The van der Waals surface area contributed by atoms with Gasteiger partial charge in [-0.3, -0.25) is 14.5 Å². The summed E-state index contributed by atoms with van der Waals surface area (Å²) in [5.41, 5.74) is 2.97. The summed E-state index contributed by atoms with van der Waals surface area (Å²) in [5.74, 6) is -0.195. The van der Waals surface area contributed by atoms with Crippen LogP contribution in [0.2, 0.25) is 0 Å². The van der Waals surface area contributed by atoms with Crippen molar-refractivity contribution in [1.82, 2.24) is 14.8 Å². The van der Waals surface area contributed by atoms with E-state index in [4.69, 9.17) is 0 Å². The fourth-order valence-electron chi connectivity index (χ4n) is 5.53. The molecular formula is C32H36N4O2. The number of amides is 2. The lowest BCUT2D eigenvalue weighted by molar-refractivity contribution is -0.147. The summed E-state index contributed by atoms with van der Waals surface area (Å²) in [7, 11) is 0. The van der Waals surface area contributed by atoms with Crippen LogP contribution < -0.4 is 5.32 Å². The van der Waals surface area contributed by atoms with E-state index in [1.54, 1.807) is 0 Å². The molecule has 0 radical (unpaired) electrons. The molecule has 3 aromatic carbocycles. The fourth-order valence-corrected chi connectivity index (χ4v) is 5.53. The maximum absolute atomic E-state index is 13.9. The molecule has 1 saturated heterocycles. The molecule has 5 rings (SSSR count). The van der Waals surface area contributed by atoms with Gasteiger partial charge in [-0.1, -0.05) is 60.7 Å². The highest BCUT2D eigenvalue weighted by molar-refractivity contribution is 6.01. The van der Waals surface area contributed by atoms with Crippen molar-refractivity contribution in [3.63, 3.8) is 0 Å². The Hall–Kier alpha value is -3.90. The summed E-state index contributed by atoms with van der Waals surface area (Å²) in [6, 6.07) is 28.1. The van der Waals surface area contributed by atoms with Crippen LogP contribution in [-0.4, -0.2) is 51.3 Å². The van der Waals surface area contributed by atoms with Crippen molar-refractivity contribution in [2.45, 2.75) is 51.2 Å². The van der Waals surface area contributed by atoms with Crippen LogP contribution in [0, 0.1) is 0 Å². The van der Waals surface area contributed by atoms with Gasteiger partial charge in [0, 0.05) is 48.5 Å². The van der Waals surface area contributed by atoms with Crippen LogP contribution in [0.5, 0.6) is 0 Å². The van der Waals surface area contributed by atoms with Gasteiger partial charge in [0.05, 0.1) is 6.42 Å². The highest BCUT2D eigenvalue weighted by Gasteiger charge is 2.42. The summed E-state index contributed by atoms with van der Waals surface area (Å²) in [6.45, 7) is 6.41. The zero-order valence-electron chi connectivity index (χ0n) is 22.2. The molecule has 2 heterocycles. The molecule has 6 heteroatoms. The SMILES string of the molecule is CC(C)(C(=O)Nc1ccc2[nH]ccc2c1)N(C(=O)Cc1ccccc1)C1CCN(Cc2ccccc2)CC1. The van der Waals surface area contributed by atoms with Crippen LogP contribution in [0.3, 0.4) is 0 Å². The first-order valence-corrected chi connectivity index (χ1v) is 13.4. The Kier molecular flexibility index (Phi) is 7.61. The third kappa shape index (κ3) is 5.81. The van der Waals surface area contributed by atoms with Crippen molar-refractivity contribution in [1.29, 1.82) is 0 Å². The lowest BCUT2D eigenvalue weighted by atomic mass is 9.92. The van der Waals surface area contributed by atoms with Gasteiger partial charge in [0.1, 0.15) is 5.54 Å². The van der Waals surface area contributed by atoms with Gasteiger partial charge in [-0.25, -0.2) is 0 Å². The standard InChI is InChI=1S/C32H36N4O2/c1-32(2,31(38)34-27-13-14-29-26(22-27)15-18-33-29)36(30(37)21-24-9-5-3-6-10-24)28-16-19-35(20-17-28)23-25-11-7-4-8-12-25/h3-15,18,22,28,33H,16-17,19-21,23H2,1-2H3,(H,34,38). The van der Waals surface area contributed by atoms with Gasteiger partial charge >= 0.3 is 0 Å². The highest BCUT2D eigenvalue weighted by Crippen LogP contribution is 2.29. The number of rotatable bonds is 8. The molecule has 1 aliphatic rings. The largest absolute Gasteiger partial charge is 0.361 e. The van der Waals surface area contributed by atoms with Crippen LogP contribution in [0.25, 0.3) is 10.9 Å². The second kappa shape index (κ2) is 11.2. The zero-order valence-corrected chi connectivity index (χ0v) is 22.2. The number of piperidine rings is 1. The van der Waals surface area contributed by atoms with Crippen LogP contribution in [0.1, 0.15) is 37.8 Å². The molecule has 1 aromatic heterocycles. The predicted octanol–water partition coefficient (Wildman–Crippen LogP) is 5.62. The number of fused-ring (bicyclic) bond motifs is 1. The molecule has 0 unspecified atom stereocenters. The van der Waals surface area contributed by atoms with E-state index in [1.807, 2.05) is 85.6 Å². The average Bonchev–Trinajstić information content (AvgIpc) is 3.39.